The quantitative estimate of drug-likeness (QED) is 0.686. The molecule has 1 aliphatic heterocycles. The Labute approximate surface area is 116 Å². The van der Waals surface area contributed by atoms with Crippen LogP contribution in [0.1, 0.15) is 12.8 Å². The zero-order valence-electron chi connectivity index (χ0n) is 12.5. The molecular weight excluding hydrogens is 242 g/mol. The van der Waals surface area contributed by atoms with Gasteiger partial charge in [-0.3, -0.25) is 4.79 Å². The second kappa shape index (κ2) is 6.68. The van der Waals surface area contributed by atoms with Gasteiger partial charge in [0.25, 0.3) is 0 Å². The minimum absolute atomic E-state index is 0.170. The summed E-state index contributed by atoms with van der Waals surface area (Å²) in [6, 6.07) is 0. The largest absolute Gasteiger partial charge is 0.374 e. The Hall–Kier alpha value is -0.650. The topological polar surface area (TPSA) is 36.0 Å². The second-order valence-electron chi connectivity index (χ2n) is 6.23. The molecule has 0 aromatic carbocycles. The molecule has 2 rings (SSSR count). The van der Waals surface area contributed by atoms with Gasteiger partial charge in [-0.05, 0) is 39.9 Å². The highest BCUT2D eigenvalue weighted by molar-refractivity contribution is 5.78. The van der Waals surface area contributed by atoms with E-state index in [2.05, 4.69) is 11.9 Å². The van der Waals surface area contributed by atoms with Crippen molar-refractivity contribution in [2.24, 2.45) is 5.92 Å². The molecule has 1 unspecified atom stereocenters. The van der Waals surface area contributed by atoms with Crippen LogP contribution in [0.25, 0.3) is 0 Å². The summed E-state index contributed by atoms with van der Waals surface area (Å²) < 4.78 is 5.79. The van der Waals surface area contributed by atoms with E-state index in [1.54, 1.807) is 0 Å². The van der Waals surface area contributed by atoms with Crippen LogP contribution in [-0.2, 0) is 9.53 Å². The SMILES string of the molecule is CN(C)CC(=O)N(CC1CC1)CC1CN(C)CCO1. The number of nitrogens with zero attached hydrogens (tertiary/aromatic N) is 3. The number of amides is 1. The highest BCUT2D eigenvalue weighted by atomic mass is 16.5. The molecule has 19 heavy (non-hydrogen) atoms. The van der Waals surface area contributed by atoms with E-state index in [0.717, 1.165) is 38.7 Å². The fourth-order valence-corrected chi connectivity index (χ4v) is 2.48. The molecule has 1 atom stereocenters. The van der Waals surface area contributed by atoms with Crippen LogP contribution >= 0.6 is 0 Å². The molecule has 2 aliphatic rings. The predicted octanol–water partition coefficient (Wildman–Crippen LogP) is 0.117. The lowest BCUT2D eigenvalue weighted by Crippen LogP contribution is -2.49. The highest BCUT2D eigenvalue weighted by Crippen LogP contribution is 2.30. The van der Waals surface area contributed by atoms with Crippen molar-refractivity contribution in [3.05, 3.63) is 0 Å². The molecule has 1 aliphatic carbocycles. The van der Waals surface area contributed by atoms with Crippen molar-refractivity contribution in [2.75, 3.05) is 60.5 Å². The normalized spacial score (nSPS) is 24.7. The van der Waals surface area contributed by atoms with Gasteiger partial charge in [0, 0.05) is 26.2 Å². The lowest BCUT2D eigenvalue weighted by molar-refractivity contribution is -0.135. The van der Waals surface area contributed by atoms with Gasteiger partial charge in [-0.1, -0.05) is 0 Å². The lowest BCUT2D eigenvalue weighted by Gasteiger charge is -2.34. The molecule has 5 nitrogen and oxygen atoms in total. The third-order valence-electron chi connectivity index (χ3n) is 3.75. The third kappa shape index (κ3) is 5.09. The molecule has 0 N–H and O–H groups in total. The molecule has 5 heteroatoms. The van der Waals surface area contributed by atoms with Gasteiger partial charge in [0.15, 0.2) is 0 Å². The summed E-state index contributed by atoms with van der Waals surface area (Å²) in [6.07, 6.45) is 2.72. The number of rotatable bonds is 6. The van der Waals surface area contributed by atoms with Crippen LogP contribution in [0.5, 0.6) is 0 Å². The number of hydrogen-bond donors (Lipinski definition) is 0. The Morgan fingerprint density at radius 2 is 2.05 bits per heavy atom. The summed E-state index contributed by atoms with van der Waals surface area (Å²) in [5.74, 6) is 0.959. The van der Waals surface area contributed by atoms with Crippen LogP contribution in [0.4, 0.5) is 0 Å². The van der Waals surface area contributed by atoms with Gasteiger partial charge in [0.2, 0.25) is 5.91 Å². The molecule has 0 radical (unpaired) electrons. The van der Waals surface area contributed by atoms with Crippen molar-refractivity contribution in [3.8, 4) is 0 Å². The Kier molecular flexibility index (Phi) is 5.19. The molecule has 110 valence electrons. The van der Waals surface area contributed by atoms with Crippen molar-refractivity contribution >= 4 is 5.91 Å². The highest BCUT2D eigenvalue weighted by Gasteiger charge is 2.29. The first kappa shape index (κ1) is 14.8. The van der Waals surface area contributed by atoms with E-state index < -0.39 is 0 Å². The van der Waals surface area contributed by atoms with Crippen LogP contribution in [0.15, 0.2) is 0 Å². The standard InChI is InChI=1S/C14H27N3O2/c1-15(2)11-14(18)17(8-12-4-5-12)10-13-9-16(3)6-7-19-13/h12-13H,4-11H2,1-3H3. The average molecular weight is 269 g/mol. The van der Waals surface area contributed by atoms with E-state index in [4.69, 9.17) is 4.74 Å². The molecule has 0 bridgehead atoms. The molecule has 2 fully saturated rings. The fraction of sp³-hybridized carbons (Fsp3) is 0.929. The Bertz CT molecular complexity index is 305. The minimum atomic E-state index is 0.170. The second-order valence-corrected chi connectivity index (χ2v) is 6.23. The van der Waals surface area contributed by atoms with Gasteiger partial charge in [-0.2, -0.15) is 0 Å². The molecular formula is C14H27N3O2. The maximum Gasteiger partial charge on any atom is 0.236 e. The number of hydrogen-bond acceptors (Lipinski definition) is 4. The molecule has 1 heterocycles. The van der Waals surface area contributed by atoms with Crippen molar-refractivity contribution in [1.29, 1.82) is 0 Å². The number of morpholine rings is 1. The van der Waals surface area contributed by atoms with Gasteiger partial charge in [0.1, 0.15) is 0 Å². The van der Waals surface area contributed by atoms with Crippen LogP contribution in [0, 0.1) is 5.92 Å². The number of ether oxygens (including phenoxy) is 1. The minimum Gasteiger partial charge on any atom is -0.374 e. The van der Waals surface area contributed by atoms with Gasteiger partial charge >= 0.3 is 0 Å². The zero-order chi connectivity index (χ0) is 13.8. The van der Waals surface area contributed by atoms with Gasteiger partial charge in [-0.25, -0.2) is 0 Å². The van der Waals surface area contributed by atoms with E-state index in [9.17, 15) is 4.79 Å². The van der Waals surface area contributed by atoms with Crippen LogP contribution in [0.2, 0.25) is 0 Å². The van der Waals surface area contributed by atoms with Crippen LogP contribution in [0.3, 0.4) is 0 Å². The number of carbonyl (C=O) groups excluding carboxylic acids is 1. The molecule has 0 aromatic rings. The van der Waals surface area contributed by atoms with Crippen molar-refractivity contribution in [3.63, 3.8) is 0 Å². The van der Waals surface area contributed by atoms with E-state index in [1.165, 1.54) is 12.8 Å². The summed E-state index contributed by atoms with van der Waals surface area (Å²) in [5.41, 5.74) is 0. The summed E-state index contributed by atoms with van der Waals surface area (Å²) in [6.45, 7) is 4.85. The first-order valence-electron chi connectivity index (χ1n) is 7.27. The first-order valence-corrected chi connectivity index (χ1v) is 7.27. The van der Waals surface area contributed by atoms with Gasteiger partial charge < -0.3 is 19.4 Å². The van der Waals surface area contributed by atoms with Crippen molar-refractivity contribution in [2.45, 2.75) is 18.9 Å². The smallest absolute Gasteiger partial charge is 0.236 e. The van der Waals surface area contributed by atoms with E-state index in [1.807, 2.05) is 23.9 Å². The van der Waals surface area contributed by atoms with Crippen molar-refractivity contribution in [1.82, 2.24) is 14.7 Å². The first-order chi connectivity index (χ1) is 9.04. The summed E-state index contributed by atoms with van der Waals surface area (Å²) in [4.78, 5) is 18.5. The van der Waals surface area contributed by atoms with Crippen LogP contribution < -0.4 is 0 Å². The maximum absolute atomic E-state index is 12.3. The molecule has 1 amide bonds. The van der Waals surface area contributed by atoms with Crippen molar-refractivity contribution < 1.29 is 9.53 Å². The predicted molar refractivity (Wildman–Crippen MR) is 75.1 cm³/mol. The average Bonchev–Trinajstić information content (AvgIpc) is 3.11. The maximum atomic E-state index is 12.3. The monoisotopic (exact) mass is 269 g/mol. The van der Waals surface area contributed by atoms with E-state index in [-0.39, 0.29) is 12.0 Å². The third-order valence-corrected chi connectivity index (χ3v) is 3.75. The van der Waals surface area contributed by atoms with E-state index >= 15 is 0 Å². The Morgan fingerprint density at radius 1 is 1.32 bits per heavy atom. The van der Waals surface area contributed by atoms with E-state index in [0.29, 0.717) is 6.54 Å². The summed E-state index contributed by atoms with van der Waals surface area (Å²) in [7, 11) is 6.00. The van der Waals surface area contributed by atoms with Crippen LogP contribution in [-0.4, -0.2) is 87.2 Å². The fourth-order valence-electron chi connectivity index (χ4n) is 2.48. The molecule has 1 saturated carbocycles. The summed E-state index contributed by atoms with van der Waals surface area (Å²) >= 11 is 0. The van der Waals surface area contributed by atoms with Gasteiger partial charge in [-0.15, -0.1) is 0 Å². The Balaban J connectivity index is 1.86. The molecule has 0 aromatic heterocycles. The van der Waals surface area contributed by atoms with Gasteiger partial charge in [0.05, 0.1) is 19.3 Å². The summed E-state index contributed by atoms with van der Waals surface area (Å²) in [5, 5.41) is 0. The molecule has 1 saturated heterocycles. The zero-order valence-corrected chi connectivity index (χ0v) is 12.5. The number of likely N-dealkylation sites (N-methyl/N-ethyl adjacent to an activating group) is 2. The molecule has 0 spiro atoms. The lowest BCUT2D eigenvalue weighted by atomic mass is 10.2. The Morgan fingerprint density at radius 3 is 2.63 bits per heavy atom. The number of carbonyl (C=O) groups is 1.